The highest BCUT2D eigenvalue weighted by Crippen LogP contribution is 2.35. The standard InChI is InChI=1S/C18H26N8/c1-12-22-17(14-9-21-26(4)18(14)23-12)20-8-13-6-5-7-24(2)16(13)15-10-19-11-25(15)3/h9-11,13,16H,5-8H2,1-4H3,(H,20,22,23)/t13-,16+/m0/s1. The van der Waals surface area contributed by atoms with Gasteiger partial charge in [-0.15, -0.1) is 0 Å². The molecule has 0 spiro atoms. The van der Waals surface area contributed by atoms with Crippen molar-refractivity contribution in [2.75, 3.05) is 25.5 Å². The topological polar surface area (TPSA) is 76.7 Å². The maximum Gasteiger partial charge on any atom is 0.163 e. The third-order valence-corrected chi connectivity index (χ3v) is 5.40. The number of aryl methyl sites for hydroxylation is 3. The smallest absolute Gasteiger partial charge is 0.163 e. The molecular weight excluding hydrogens is 328 g/mol. The van der Waals surface area contributed by atoms with Crippen molar-refractivity contribution in [3.8, 4) is 0 Å². The van der Waals surface area contributed by atoms with E-state index < -0.39 is 0 Å². The number of anilines is 1. The van der Waals surface area contributed by atoms with E-state index in [1.807, 2.05) is 32.7 Å². The van der Waals surface area contributed by atoms with Gasteiger partial charge in [-0.05, 0) is 39.3 Å². The van der Waals surface area contributed by atoms with E-state index in [9.17, 15) is 0 Å². The van der Waals surface area contributed by atoms with Crippen LogP contribution in [0.1, 0.15) is 30.4 Å². The molecule has 0 aromatic carbocycles. The van der Waals surface area contributed by atoms with Crippen molar-refractivity contribution in [3.05, 3.63) is 30.2 Å². The molecule has 0 unspecified atom stereocenters. The van der Waals surface area contributed by atoms with Crippen LogP contribution in [0, 0.1) is 12.8 Å². The van der Waals surface area contributed by atoms with Crippen LogP contribution in [-0.4, -0.2) is 54.3 Å². The minimum Gasteiger partial charge on any atom is -0.369 e. The van der Waals surface area contributed by atoms with Gasteiger partial charge >= 0.3 is 0 Å². The summed E-state index contributed by atoms with van der Waals surface area (Å²) in [4.78, 5) is 15.9. The summed E-state index contributed by atoms with van der Waals surface area (Å²) in [7, 11) is 6.19. The lowest BCUT2D eigenvalue weighted by molar-refractivity contribution is 0.122. The van der Waals surface area contributed by atoms with Crippen LogP contribution >= 0.6 is 0 Å². The summed E-state index contributed by atoms with van der Waals surface area (Å²) in [6.45, 7) is 3.90. The van der Waals surface area contributed by atoms with Gasteiger partial charge in [0.2, 0.25) is 0 Å². The van der Waals surface area contributed by atoms with Crippen LogP contribution < -0.4 is 5.32 Å². The quantitative estimate of drug-likeness (QED) is 0.771. The summed E-state index contributed by atoms with van der Waals surface area (Å²) in [6, 6.07) is 0.357. The molecule has 26 heavy (non-hydrogen) atoms. The minimum absolute atomic E-state index is 0.357. The number of hydrogen-bond acceptors (Lipinski definition) is 6. The molecule has 8 heteroatoms. The molecule has 2 atom stereocenters. The molecule has 0 radical (unpaired) electrons. The van der Waals surface area contributed by atoms with Crippen LogP contribution in [0.2, 0.25) is 0 Å². The number of likely N-dealkylation sites (tertiary alicyclic amines) is 1. The molecule has 0 saturated carbocycles. The van der Waals surface area contributed by atoms with Crippen LogP contribution in [0.4, 0.5) is 5.82 Å². The second-order valence-electron chi connectivity index (χ2n) is 7.26. The second-order valence-corrected chi connectivity index (χ2v) is 7.26. The maximum absolute atomic E-state index is 4.62. The van der Waals surface area contributed by atoms with E-state index in [2.05, 4.69) is 48.9 Å². The summed E-state index contributed by atoms with van der Waals surface area (Å²) < 4.78 is 3.93. The van der Waals surface area contributed by atoms with Gasteiger partial charge in [-0.1, -0.05) is 0 Å². The number of piperidine rings is 1. The molecule has 3 aromatic rings. The van der Waals surface area contributed by atoms with E-state index in [0.717, 1.165) is 35.8 Å². The molecule has 138 valence electrons. The lowest BCUT2D eigenvalue weighted by atomic mass is 9.87. The maximum atomic E-state index is 4.62. The monoisotopic (exact) mass is 354 g/mol. The van der Waals surface area contributed by atoms with Gasteiger partial charge in [-0.3, -0.25) is 9.58 Å². The van der Waals surface area contributed by atoms with E-state index in [-0.39, 0.29) is 0 Å². The van der Waals surface area contributed by atoms with Gasteiger partial charge in [0.1, 0.15) is 11.6 Å². The molecule has 4 heterocycles. The molecule has 0 amide bonds. The highest BCUT2D eigenvalue weighted by Gasteiger charge is 2.32. The van der Waals surface area contributed by atoms with Gasteiger partial charge in [0, 0.05) is 26.8 Å². The van der Waals surface area contributed by atoms with Gasteiger partial charge in [-0.2, -0.15) is 5.10 Å². The van der Waals surface area contributed by atoms with Gasteiger partial charge in [0.15, 0.2) is 5.65 Å². The summed E-state index contributed by atoms with van der Waals surface area (Å²) in [5.74, 6) is 2.12. The Morgan fingerprint density at radius 1 is 1.19 bits per heavy atom. The van der Waals surface area contributed by atoms with E-state index in [0.29, 0.717) is 12.0 Å². The molecule has 1 aliphatic heterocycles. The zero-order valence-corrected chi connectivity index (χ0v) is 15.8. The number of nitrogens with zero attached hydrogens (tertiary/aromatic N) is 7. The lowest BCUT2D eigenvalue weighted by Crippen LogP contribution is -2.39. The van der Waals surface area contributed by atoms with E-state index in [1.165, 1.54) is 18.5 Å². The number of imidazole rings is 1. The van der Waals surface area contributed by atoms with Crippen LogP contribution in [0.3, 0.4) is 0 Å². The van der Waals surface area contributed by atoms with Gasteiger partial charge in [-0.25, -0.2) is 15.0 Å². The number of hydrogen-bond donors (Lipinski definition) is 1. The Labute approximate surface area is 153 Å². The molecule has 1 saturated heterocycles. The molecule has 0 aliphatic carbocycles. The second kappa shape index (κ2) is 6.68. The summed E-state index contributed by atoms with van der Waals surface area (Å²) in [5.41, 5.74) is 2.13. The average molecular weight is 354 g/mol. The Balaban J connectivity index is 1.59. The Hall–Kier alpha value is -2.48. The Bertz CT molecular complexity index is 911. The minimum atomic E-state index is 0.357. The molecule has 0 bridgehead atoms. The first-order valence-electron chi connectivity index (χ1n) is 9.11. The molecule has 1 fully saturated rings. The largest absolute Gasteiger partial charge is 0.369 e. The lowest BCUT2D eigenvalue weighted by Gasteiger charge is -2.39. The third-order valence-electron chi connectivity index (χ3n) is 5.40. The Morgan fingerprint density at radius 3 is 2.81 bits per heavy atom. The summed E-state index contributed by atoms with van der Waals surface area (Å²) in [5, 5.41) is 8.88. The molecule has 1 aliphatic rings. The fourth-order valence-corrected chi connectivity index (χ4v) is 4.09. The van der Waals surface area contributed by atoms with Crippen LogP contribution in [0.5, 0.6) is 0 Å². The number of fused-ring (bicyclic) bond motifs is 1. The van der Waals surface area contributed by atoms with Crippen LogP contribution in [-0.2, 0) is 14.1 Å². The third kappa shape index (κ3) is 2.94. The Kier molecular flexibility index (Phi) is 4.36. The summed E-state index contributed by atoms with van der Waals surface area (Å²) >= 11 is 0. The molecule has 1 N–H and O–H groups in total. The van der Waals surface area contributed by atoms with Crippen LogP contribution in [0.15, 0.2) is 18.7 Å². The SMILES string of the molecule is Cc1nc(NC[C@@H]2CCCN(C)[C@H]2c2cncn2C)c2cnn(C)c2n1. The molecular formula is C18H26N8. The first-order valence-corrected chi connectivity index (χ1v) is 9.11. The van der Waals surface area contributed by atoms with Gasteiger partial charge < -0.3 is 9.88 Å². The first kappa shape index (κ1) is 17.0. The van der Waals surface area contributed by atoms with Crippen LogP contribution in [0.25, 0.3) is 11.0 Å². The van der Waals surface area contributed by atoms with Crippen molar-refractivity contribution in [3.63, 3.8) is 0 Å². The highest BCUT2D eigenvalue weighted by atomic mass is 15.3. The van der Waals surface area contributed by atoms with Crippen molar-refractivity contribution in [2.45, 2.75) is 25.8 Å². The van der Waals surface area contributed by atoms with Crippen molar-refractivity contribution >= 4 is 16.9 Å². The molecule has 8 nitrogen and oxygen atoms in total. The zero-order valence-electron chi connectivity index (χ0n) is 15.8. The number of nitrogens with one attached hydrogen (secondary N) is 1. The van der Waals surface area contributed by atoms with E-state index in [4.69, 9.17) is 0 Å². The normalized spacial score (nSPS) is 21.4. The van der Waals surface area contributed by atoms with Crippen molar-refractivity contribution in [1.82, 2.24) is 34.2 Å². The summed E-state index contributed by atoms with van der Waals surface area (Å²) in [6.07, 6.45) is 8.11. The fraction of sp³-hybridized carbons (Fsp3) is 0.556. The van der Waals surface area contributed by atoms with E-state index in [1.54, 1.807) is 4.68 Å². The zero-order chi connectivity index (χ0) is 18.3. The highest BCUT2D eigenvalue weighted by molar-refractivity contribution is 5.86. The van der Waals surface area contributed by atoms with Crippen molar-refractivity contribution in [2.24, 2.45) is 20.0 Å². The predicted molar refractivity (Wildman–Crippen MR) is 101 cm³/mol. The Morgan fingerprint density at radius 2 is 2.04 bits per heavy atom. The molecule has 3 aromatic heterocycles. The average Bonchev–Trinajstić information content (AvgIpc) is 3.19. The van der Waals surface area contributed by atoms with Crippen molar-refractivity contribution < 1.29 is 0 Å². The fourth-order valence-electron chi connectivity index (χ4n) is 4.09. The number of aromatic nitrogens is 6. The molecule has 4 rings (SSSR count). The van der Waals surface area contributed by atoms with Crippen molar-refractivity contribution in [1.29, 1.82) is 0 Å². The number of rotatable bonds is 4. The van der Waals surface area contributed by atoms with Gasteiger partial charge in [0.25, 0.3) is 0 Å². The first-order chi connectivity index (χ1) is 12.5. The van der Waals surface area contributed by atoms with E-state index >= 15 is 0 Å². The predicted octanol–water partition coefficient (Wildman–Crippen LogP) is 1.90. The van der Waals surface area contributed by atoms with Gasteiger partial charge in [0.05, 0.1) is 29.6 Å².